The van der Waals surface area contributed by atoms with Crippen molar-refractivity contribution >= 4 is 33.3 Å². The Labute approximate surface area is 190 Å². The minimum atomic E-state index is -3.85. The Morgan fingerprint density at radius 3 is 2.47 bits per heavy atom. The van der Waals surface area contributed by atoms with E-state index in [1.807, 2.05) is 0 Å². The van der Waals surface area contributed by atoms with Gasteiger partial charge in [0.25, 0.3) is 10.0 Å². The minimum Gasteiger partial charge on any atom is -0.497 e. The Morgan fingerprint density at radius 2 is 1.72 bits per heavy atom. The number of fused-ring (bicyclic) bond motifs is 1. The maximum atomic E-state index is 12.8. The molecule has 10 heteroatoms. The molecule has 0 aromatic heterocycles. The monoisotopic (exact) mass is 473 g/mol. The quantitative estimate of drug-likeness (QED) is 0.550. The van der Waals surface area contributed by atoms with E-state index in [9.17, 15) is 8.42 Å². The van der Waals surface area contributed by atoms with Crippen LogP contribution in [-0.2, 0) is 16.6 Å². The molecule has 0 aliphatic carbocycles. The van der Waals surface area contributed by atoms with Crippen molar-refractivity contribution in [3.8, 4) is 23.0 Å². The van der Waals surface area contributed by atoms with Gasteiger partial charge in [0.05, 0.1) is 25.8 Å². The number of hydrogen-bond acceptors (Lipinski definition) is 6. The van der Waals surface area contributed by atoms with Gasteiger partial charge in [0.15, 0.2) is 5.75 Å². The second-order valence-electron chi connectivity index (χ2n) is 6.73. The zero-order valence-corrected chi connectivity index (χ0v) is 18.8. The summed E-state index contributed by atoms with van der Waals surface area (Å²) in [5, 5.41) is 3.42. The van der Waals surface area contributed by atoms with Crippen LogP contribution in [0.25, 0.3) is 0 Å². The normalized spacial score (nSPS) is 15.3. The maximum absolute atomic E-state index is 12.8. The van der Waals surface area contributed by atoms with Gasteiger partial charge < -0.3 is 19.5 Å². The molecule has 0 fully saturated rings. The highest BCUT2D eigenvalue weighted by Crippen LogP contribution is 2.38. The van der Waals surface area contributed by atoms with Gasteiger partial charge in [-0.25, -0.2) is 18.1 Å². The molecule has 166 valence electrons. The van der Waals surface area contributed by atoms with Crippen LogP contribution in [0.2, 0.25) is 5.02 Å². The number of aliphatic imine (C=N–C) groups is 1. The molecule has 1 aliphatic heterocycles. The molecule has 32 heavy (non-hydrogen) atoms. The van der Waals surface area contributed by atoms with Crippen molar-refractivity contribution in [3.05, 3.63) is 71.2 Å². The highest BCUT2D eigenvalue weighted by atomic mass is 35.5. The number of anilines is 1. The fraction of sp³-hybridized carbons (Fsp3) is 0.136. The number of nitrogens with one attached hydrogen (secondary N) is 2. The number of halogens is 1. The number of guanidine groups is 1. The molecule has 4 rings (SSSR count). The number of benzene rings is 3. The van der Waals surface area contributed by atoms with Crippen LogP contribution in [0.5, 0.6) is 23.0 Å². The number of methoxy groups -OCH3 is 2. The third kappa shape index (κ3) is 4.44. The second-order valence-corrected chi connectivity index (χ2v) is 8.79. The molecule has 2 N–H and O–H groups in total. The van der Waals surface area contributed by atoms with Crippen LogP contribution in [0.15, 0.2) is 70.6 Å². The average Bonchev–Trinajstić information content (AvgIpc) is 2.79. The predicted octanol–water partition coefficient (Wildman–Crippen LogP) is 4.41. The number of hydrogen-bond donors (Lipinski definition) is 2. The van der Waals surface area contributed by atoms with Gasteiger partial charge >= 0.3 is 0 Å². The predicted molar refractivity (Wildman–Crippen MR) is 123 cm³/mol. The van der Waals surface area contributed by atoms with Gasteiger partial charge in [-0.05, 0) is 36.4 Å². The van der Waals surface area contributed by atoms with Crippen LogP contribution < -0.4 is 24.2 Å². The zero-order chi connectivity index (χ0) is 22.7. The van der Waals surface area contributed by atoms with Crippen LogP contribution in [-0.4, -0.2) is 28.6 Å². The third-order valence-electron chi connectivity index (χ3n) is 4.71. The minimum absolute atomic E-state index is 0.0445. The maximum Gasteiger partial charge on any atom is 0.266 e. The lowest BCUT2D eigenvalue weighted by Crippen LogP contribution is -2.40. The summed E-state index contributed by atoms with van der Waals surface area (Å²) in [6, 6.07) is 17.0. The highest BCUT2D eigenvalue weighted by Gasteiger charge is 2.29. The summed E-state index contributed by atoms with van der Waals surface area (Å²) in [5.41, 5.74) is 1.03. The molecule has 0 unspecified atom stereocenters. The molecule has 3 aromatic carbocycles. The summed E-state index contributed by atoms with van der Waals surface area (Å²) >= 11 is 6.19. The Morgan fingerprint density at radius 1 is 0.938 bits per heavy atom. The van der Waals surface area contributed by atoms with E-state index in [2.05, 4.69) is 15.0 Å². The van der Waals surface area contributed by atoms with E-state index >= 15 is 0 Å². The van der Waals surface area contributed by atoms with E-state index in [1.165, 1.54) is 6.07 Å². The van der Waals surface area contributed by atoms with Crippen molar-refractivity contribution in [1.82, 2.24) is 4.72 Å². The lowest BCUT2D eigenvalue weighted by molar-refractivity contribution is 0.391. The van der Waals surface area contributed by atoms with Gasteiger partial charge in [0.1, 0.15) is 27.8 Å². The average molecular weight is 474 g/mol. The van der Waals surface area contributed by atoms with E-state index < -0.39 is 10.0 Å². The van der Waals surface area contributed by atoms with Crippen LogP contribution in [0, 0.1) is 0 Å². The molecule has 0 spiro atoms. The summed E-state index contributed by atoms with van der Waals surface area (Å²) in [5.74, 6) is 1.99. The van der Waals surface area contributed by atoms with Crippen LogP contribution in [0.1, 0.15) is 5.56 Å². The van der Waals surface area contributed by atoms with Crippen molar-refractivity contribution in [2.45, 2.75) is 11.4 Å². The van der Waals surface area contributed by atoms with Gasteiger partial charge in [-0.15, -0.1) is 0 Å². The first-order valence-electron chi connectivity index (χ1n) is 9.52. The molecule has 1 aliphatic rings. The molecular weight excluding hydrogens is 454 g/mol. The summed E-state index contributed by atoms with van der Waals surface area (Å²) in [4.78, 5) is 4.44. The van der Waals surface area contributed by atoms with Gasteiger partial charge in [0.2, 0.25) is 5.96 Å². The molecule has 0 atom stereocenters. The van der Waals surface area contributed by atoms with E-state index in [0.717, 1.165) is 5.56 Å². The molecule has 8 nitrogen and oxygen atoms in total. The SMILES string of the molecule is COc1ccc(CN=C2Nc3c(Oc4ccccc4Cl)cccc3S(=O)(=O)N2)c(OC)c1. The summed E-state index contributed by atoms with van der Waals surface area (Å²) in [6.07, 6.45) is 0. The van der Waals surface area contributed by atoms with Crippen LogP contribution in [0.4, 0.5) is 5.69 Å². The van der Waals surface area contributed by atoms with Crippen molar-refractivity contribution in [2.75, 3.05) is 19.5 Å². The Bertz CT molecular complexity index is 1290. The largest absolute Gasteiger partial charge is 0.497 e. The number of nitrogens with zero attached hydrogens (tertiary/aromatic N) is 1. The van der Waals surface area contributed by atoms with Crippen molar-refractivity contribution in [2.24, 2.45) is 4.99 Å². The molecule has 3 aromatic rings. The smallest absolute Gasteiger partial charge is 0.266 e. The molecule has 0 bridgehead atoms. The Kier molecular flexibility index (Phi) is 6.11. The Balaban J connectivity index is 1.66. The standard InChI is InChI=1S/C22H20ClN3O5S/c1-29-15-11-10-14(19(12-15)30-2)13-24-22-25-21-18(31-17-7-4-3-6-16(17)23)8-5-9-20(21)32(27,28)26-22/h3-12H,13H2,1-2H3,(H2,24,25,26). The third-order valence-corrected chi connectivity index (χ3v) is 6.40. The highest BCUT2D eigenvalue weighted by molar-refractivity contribution is 7.90. The summed E-state index contributed by atoms with van der Waals surface area (Å²) in [6.45, 7) is 0.168. The van der Waals surface area contributed by atoms with Gasteiger partial charge in [-0.3, -0.25) is 0 Å². The number of para-hydroxylation sites is 2. The first-order valence-corrected chi connectivity index (χ1v) is 11.4. The van der Waals surface area contributed by atoms with Crippen LogP contribution >= 0.6 is 11.6 Å². The fourth-order valence-corrected chi connectivity index (χ4v) is 4.47. The van der Waals surface area contributed by atoms with Gasteiger partial charge in [0, 0.05) is 11.6 Å². The molecule has 0 saturated heterocycles. The molecule has 0 radical (unpaired) electrons. The van der Waals surface area contributed by atoms with Crippen molar-refractivity contribution in [3.63, 3.8) is 0 Å². The van der Waals surface area contributed by atoms with E-state index in [-0.39, 0.29) is 23.1 Å². The Hall–Kier alpha value is -3.43. The number of rotatable bonds is 6. The molecule has 0 saturated carbocycles. The van der Waals surface area contributed by atoms with Crippen molar-refractivity contribution in [1.29, 1.82) is 0 Å². The van der Waals surface area contributed by atoms with E-state index in [0.29, 0.717) is 28.0 Å². The summed E-state index contributed by atoms with van der Waals surface area (Å²) in [7, 11) is -0.747. The fourth-order valence-electron chi connectivity index (χ4n) is 3.13. The number of ether oxygens (including phenoxy) is 3. The van der Waals surface area contributed by atoms with Crippen molar-refractivity contribution < 1.29 is 22.6 Å². The summed E-state index contributed by atoms with van der Waals surface area (Å²) < 4.78 is 44.6. The lowest BCUT2D eigenvalue weighted by Gasteiger charge is -2.24. The van der Waals surface area contributed by atoms with Crippen LogP contribution in [0.3, 0.4) is 0 Å². The van der Waals surface area contributed by atoms with E-state index in [1.54, 1.807) is 68.8 Å². The number of sulfonamides is 1. The van der Waals surface area contributed by atoms with E-state index in [4.69, 9.17) is 25.8 Å². The molecular formula is C22H20ClN3O5S. The second kappa shape index (κ2) is 8.97. The molecule has 1 heterocycles. The van der Waals surface area contributed by atoms with Gasteiger partial charge in [-0.2, -0.15) is 0 Å². The van der Waals surface area contributed by atoms with Gasteiger partial charge in [-0.1, -0.05) is 29.8 Å². The topological polar surface area (TPSA) is 98.2 Å². The first-order chi connectivity index (χ1) is 15.4. The lowest BCUT2D eigenvalue weighted by atomic mass is 10.2. The first kappa shape index (κ1) is 21.8. The molecule has 0 amide bonds. The zero-order valence-electron chi connectivity index (χ0n) is 17.3.